The maximum absolute atomic E-state index is 12.7. The highest BCUT2D eigenvalue weighted by molar-refractivity contribution is 5.94. The van der Waals surface area contributed by atoms with E-state index in [9.17, 15) is 4.79 Å². The molecule has 1 unspecified atom stereocenters. The van der Waals surface area contributed by atoms with Crippen molar-refractivity contribution < 1.29 is 9.53 Å². The standard InChI is InChI=1S/C22H28N4O2/c1-17-7-8-18(15-23-17)22(27)26-10-9-19(16-26)24-11-13-25(14-12-24)20-5-3-4-6-21(20)28-2/h3-8,15,19H,9-14,16H2,1-2H3. The van der Waals surface area contributed by atoms with Crippen LogP contribution < -0.4 is 9.64 Å². The van der Waals surface area contributed by atoms with Crippen LogP contribution >= 0.6 is 0 Å². The van der Waals surface area contributed by atoms with Gasteiger partial charge in [-0.15, -0.1) is 0 Å². The number of nitrogens with zero attached hydrogens (tertiary/aromatic N) is 4. The van der Waals surface area contributed by atoms with E-state index in [4.69, 9.17) is 4.74 Å². The molecule has 6 nitrogen and oxygen atoms in total. The normalized spacial score (nSPS) is 20.4. The fourth-order valence-corrected chi connectivity index (χ4v) is 4.22. The number of amides is 1. The second-order valence-corrected chi connectivity index (χ2v) is 7.58. The van der Waals surface area contributed by atoms with Crippen LogP contribution in [0.5, 0.6) is 5.75 Å². The van der Waals surface area contributed by atoms with Gasteiger partial charge in [0.25, 0.3) is 5.91 Å². The molecule has 2 fully saturated rings. The maximum Gasteiger partial charge on any atom is 0.255 e. The zero-order valence-electron chi connectivity index (χ0n) is 16.7. The monoisotopic (exact) mass is 380 g/mol. The molecule has 2 saturated heterocycles. The largest absolute Gasteiger partial charge is 0.495 e. The van der Waals surface area contributed by atoms with Gasteiger partial charge in [-0.25, -0.2) is 0 Å². The molecule has 3 heterocycles. The van der Waals surface area contributed by atoms with E-state index in [0.29, 0.717) is 11.6 Å². The number of hydrogen-bond donors (Lipinski definition) is 0. The Morgan fingerprint density at radius 2 is 1.86 bits per heavy atom. The van der Waals surface area contributed by atoms with Gasteiger partial charge in [0.1, 0.15) is 5.75 Å². The Morgan fingerprint density at radius 1 is 1.07 bits per heavy atom. The van der Waals surface area contributed by atoms with Gasteiger partial charge in [-0.2, -0.15) is 0 Å². The summed E-state index contributed by atoms with van der Waals surface area (Å²) < 4.78 is 5.51. The third-order valence-corrected chi connectivity index (χ3v) is 5.87. The summed E-state index contributed by atoms with van der Waals surface area (Å²) in [5, 5.41) is 0. The smallest absolute Gasteiger partial charge is 0.255 e. The van der Waals surface area contributed by atoms with Crippen LogP contribution in [0, 0.1) is 6.92 Å². The Balaban J connectivity index is 1.33. The van der Waals surface area contributed by atoms with Crippen molar-refractivity contribution in [3.8, 4) is 5.75 Å². The molecular formula is C22H28N4O2. The minimum atomic E-state index is 0.0997. The fourth-order valence-electron chi connectivity index (χ4n) is 4.22. The van der Waals surface area contributed by atoms with Crippen LogP contribution in [0.4, 0.5) is 5.69 Å². The van der Waals surface area contributed by atoms with E-state index < -0.39 is 0 Å². The molecule has 1 atom stereocenters. The molecule has 0 N–H and O–H groups in total. The van der Waals surface area contributed by atoms with Crippen LogP contribution in [0.2, 0.25) is 0 Å². The number of rotatable bonds is 4. The lowest BCUT2D eigenvalue weighted by Crippen LogP contribution is -2.51. The summed E-state index contributed by atoms with van der Waals surface area (Å²) in [4.78, 5) is 23.9. The van der Waals surface area contributed by atoms with Gasteiger partial charge in [-0.05, 0) is 37.6 Å². The van der Waals surface area contributed by atoms with Gasteiger partial charge < -0.3 is 14.5 Å². The van der Waals surface area contributed by atoms with Gasteiger partial charge in [0.05, 0.1) is 18.4 Å². The van der Waals surface area contributed by atoms with Crippen molar-refractivity contribution in [2.45, 2.75) is 19.4 Å². The molecular weight excluding hydrogens is 352 g/mol. The van der Waals surface area contributed by atoms with Crippen molar-refractivity contribution in [1.82, 2.24) is 14.8 Å². The first kappa shape index (κ1) is 18.7. The second-order valence-electron chi connectivity index (χ2n) is 7.58. The average molecular weight is 380 g/mol. The number of carbonyl (C=O) groups excluding carboxylic acids is 1. The van der Waals surface area contributed by atoms with Crippen LogP contribution in [0.1, 0.15) is 22.5 Å². The molecule has 28 heavy (non-hydrogen) atoms. The fraction of sp³-hybridized carbons (Fsp3) is 0.455. The Kier molecular flexibility index (Phi) is 5.48. The van der Waals surface area contributed by atoms with Crippen molar-refractivity contribution in [1.29, 1.82) is 0 Å². The third kappa shape index (κ3) is 3.83. The van der Waals surface area contributed by atoms with Crippen molar-refractivity contribution in [3.63, 3.8) is 0 Å². The predicted octanol–water partition coefficient (Wildman–Crippen LogP) is 2.44. The Labute approximate surface area is 166 Å². The number of para-hydroxylation sites is 2. The number of ether oxygens (including phenoxy) is 1. The van der Waals surface area contributed by atoms with Crippen LogP contribution in [0.15, 0.2) is 42.6 Å². The minimum absolute atomic E-state index is 0.0997. The minimum Gasteiger partial charge on any atom is -0.495 e. The lowest BCUT2D eigenvalue weighted by molar-refractivity contribution is 0.0774. The summed E-state index contributed by atoms with van der Waals surface area (Å²) in [7, 11) is 1.72. The van der Waals surface area contributed by atoms with Crippen molar-refractivity contribution in [2.24, 2.45) is 0 Å². The number of methoxy groups -OCH3 is 1. The molecule has 1 amide bonds. The SMILES string of the molecule is COc1ccccc1N1CCN(C2CCN(C(=O)c3ccc(C)nc3)C2)CC1. The molecule has 0 aliphatic carbocycles. The highest BCUT2D eigenvalue weighted by Crippen LogP contribution is 2.29. The molecule has 0 radical (unpaired) electrons. The number of carbonyl (C=O) groups is 1. The van der Waals surface area contributed by atoms with Crippen molar-refractivity contribution in [2.75, 3.05) is 51.3 Å². The quantitative estimate of drug-likeness (QED) is 0.815. The van der Waals surface area contributed by atoms with Gasteiger partial charge in [-0.3, -0.25) is 14.7 Å². The Bertz CT molecular complexity index is 816. The first-order valence-electron chi connectivity index (χ1n) is 9.99. The summed E-state index contributed by atoms with van der Waals surface area (Å²) in [5.41, 5.74) is 2.79. The molecule has 2 aromatic rings. The topological polar surface area (TPSA) is 48.9 Å². The number of aromatic nitrogens is 1. The number of piperazine rings is 1. The number of pyridine rings is 1. The highest BCUT2D eigenvalue weighted by Gasteiger charge is 2.32. The van der Waals surface area contributed by atoms with Crippen molar-refractivity contribution >= 4 is 11.6 Å². The van der Waals surface area contributed by atoms with E-state index in [1.807, 2.05) is 36.1 Å². The molecule has 0 spiro atoms. The van der Waals surface area contributed by atoms with Gasteiger partial charge in [0.2, 0.25) is 0 Å². The number of benzene rings is 1. The van der Waals surface area contributed by atoms with Gasteiger partial charge in [0, 0.05) is 57.2 Å². The molecule has 2 aliphatic heterocycles. The maximum atomic E-state index is 12.7. The lowest BCUT2D eigenvalue weighted by atomic mass is 10.1. The van der Waals surface area contributed by atoms with E-state index in [0.717, 1.165) is 57.1 Å². The predicted molar refractivity (Wildman–Crippen MR) is 110 cm³/mol. The first-order chi connectivity index (χ1) is 13.7. The van der Waals surface area contributed by atoms with E-state index >= 15 is 0 Å². The van der Waals surface area contributed by atoms with E-state index in [1.165, 1.54) is 5.69 Å². The average Bonchev–Trinajstić information content (AvgIpc) is 3.24. The Morgan fingerprint density at radius 3 is 2.57 bits per heavy atom. The van der Waals surface area contributed by atoms with E-state index in [2.05, 4.69) is 26.9 Å². The number of hydrogen-bond acceptors (Lipinski definition) is 5. The number of likely N-dealkylation sites (tertiary alicyclic amines) is 1. The molecule has 6 heteroatoms. The van der Waals surface area contributed by atoms with Gasteiger partial charge in [-0.1, -0.05) is 12.1 Å². The zero-order valence-corrected chi connectivity index (χ0v) is 16.7. The molecule has 0 bridgehead atoms. The summed E-state index contributed by atoms with van der Waals surface area (Å²) in [6.45, 7) is 7.54. The summed E-state index contributed by atoms with van der Waals surface area (Å²) in [5.74, 6) is 1.03. The summed E-state index contributed by atoms with van der Waals surface area (Å²) in [6, 6.07) is 12.4. The van der Waals surface area contributed by atoms with Crippen LogP contribution in [0.25, 0.3) is 0 Å². The molecule has 148 valence electrons. The van der Waals surface area contributed by atoms with E-state index in [1.54, 1.807) is 13.3 Å². The highest BCUT2D eigenvalue weighted by atomic mass is 16.5. The van der Waals surface area contributed by atoms with Crippen molar-refractivity contribution in [3.05, 3.63) is 53.9 Å². The molecule has 1 aromatic heterocycles. The van der Waals surface area contributed by atoms with E-state index in [-0.39, 0.29) is 5.91 Å². The molecule has 4 rings (SSSR count). The first-order valence-corrected chi connectivity index (χ1v) is 9.99. The van der Waals surface area contributed by atoms with Gasteiger partial charge in [0.15, 0.2) is 0 Å². The Hall–Kier alpha value is -2.60. The second kappa shape index (κ2) is 8.19. The van der Waals surface area contributed by atoms with Crippen LogP contribution in [-0.2, 0) is 0 Å². The zero-order chi connectivity index (χ0) is 19.5. The lowest BCUT2D eigenvalue weighted by Gasteiger charge is -2.39. The third-order valence-electron chi connectivity index (χ3n) is 5.87. The summed E-state index contributed by atoms with van der Waals surface area (Å²) >= 11 is 0. The van der Waals surface area contributed by atoms with Gasteiger partial charge >= 0.3 is 0 Å². The molecule has 2 aliphatic rings. The van der Waals surface area contributed by atoms with Crippen LogP contribution in [0.3, 0.4) is 0 Å². The summed E-state index contributed by atoms with van der Waals surface area (Å²) in [6.07, 6.45) is 2.73. The van der Waals surface area contributed by atoms with Crippen LogP contribution in [-0.4, -0.2) is 73.1 Å². The molecule has 0 saturated carbocycles. The number of anilines is 1. The molecule has 1 aromatic carbocycles. The number of aryl methyl sites for hydroxylation is 1.